The first-order valence-corrected chi connectivity index (χ1v) is 10.1. The van der Waals surface area contributed by atoms with Crippen molar-refractivity contribution in [2.24, 2.45) is 10.9 Å². The number of nitrogens with one attached hydrogen (secondary N) is 1. The van der Waals surface area contributed by atoms with Crippen LogP contribution in [0.1, 0.15) is 25.2 Å². The third-order valence-corrected chi connectivity index (χ3v) is 5.19. The van der Waals surface area contributed by atoms with Gasteiger partial charge in [0.15, 0.2) is 5.96 Å². The van der Waals surface area contributed by atoms with Crippen molar-refractivity contribution in [2.45, 2.75) is 25.7 Å². The van der Waals surface area contributed by atoms with Gasteiger partial charge in [0.2, 0.25) is 11.7 Å². The third kappa shape index (κ3) is 7.42. The van der Waals surface area contributed by atoms with Crippen LogP contribution in [-0.4, -0.2) is 61.4 Å². The largest absolute Gasteiger partial charge is 0.381 e. The number of aromatic nitrogens is 2. The summed E-state index contributed by atoms with van der Waals surface area (Å²) >= 11 is 6.02. The molecule has 1 saturated heterocycles. The average Bonchev–Trinajstić information content (AvgIpc) is 3.19. The summed E-state index contributed by atoms with van der Waals surface area (Å²) in [5.41, 5.74) is 0.846. The van der Waals surface area contributed by atoms with E-state index in [1.165, 1.54) is 0 Å². The molecular weight excluding hydrogens is 505 g/mol. The molecule has 1 aromatic heterocycles. The molecule has 1 N–H and O–H groups in total. The van der Waals surface area contributed by atoms with Gasteiger partial charge in [0.25, 0.3) is 0 Å². The molecule has 0 amide bonds. The second-order valence-corrected chi connectivity index (χ2v) is 7.45. The van der Waals surface area contributed by atoms with Gasteiger partial charge in [0.05, 0.1) is 0 Å². The van der Waals surface area contributed by atoms with E-state index in [-0.39, 0.29) is 24.0 Å². The van der Waals surface area contributed by atoms with Crippen LogP contribution in [-0.2, 0) is 11.2 Å². The van der Waals surface area contributed by atoms with Crippen molar-refractivity contribution in [3.8, 4) is 11.4 Å². The first-order chi connectivity index (χ1) is 13.7. The number of nitrogens with zero attached hydrogens (tertiary/aromatic N) is 4. The molecule has 0 spiro atoms. The van der Waals surface area contributed by atoms with E-state index in [1.54, 1.807) is 7.05 Å². The Labute approximate surface area is 194 Å². The number of hydrogen-bond acceptors (Lipinski definition) is 5. The molecule has 0 radical (unpaired) electrons. The number of guanidine groups is 1. The second kappa shape index (κ2) is 12.3. The van der Waals surface area contributed by atoms with Gasteiger partial charge in [-0.15, -0.1) is 24.0 Å². The molecule has 0 saturated carbocycles. The van der Waals surface area contributed by atoms with Crippen LogP contribution < -0.4 is 5.32 Å². The van der Waals surface area contributed by atoms with E-state index in [0.717, 1.165) is 56.5 Å². The van der Waals surface area contributed by atoms with Gasteiger partial charge in [-0.25, -0.2) is 0 Å². The van der Waals surface area contributed by atoms with Gasteiger partial charge in [-0.2, -0.15) is 4.98 Å². The van der Waals surface area contributed by atoms with Crippen LogP contribution in [0.4, 0.5) is 0 Å². The van der Waals surface area contributed by atoms with E-state index in [0.29, 0.717) is 29.7 Å². The Kier molecular flexibility index (Phi) is 10.2. The van der Waals surface area contributed by atoms with Crippen LogP contribution in [0, 0.1) is 5.92 Å². The summed E-state index contributed by atoms with van der Waals surface area (Å²) < 4.78 is 10.8. The zero-order valence-corrected chi connectivity index (χ0v) is 20.0. The summed E-state index contributed by atoms with van der Waals surface area (Å²) in [7, 11) is 3.87. The molecule has 1 aliphatic rings. The predicted molar refractivity (Wildman–Crippen MR) is 126 cm³/mol. The van der Waals surface area contributed by atoms with E-state index in [2.05, 4.69) is 32.4 Å². The Morgan fingerprint density at radius 3 is 2.86 bits per heavy atom. The maximum Gasteiger partial charge on any atom is 0.228 e. The van der Waals surface area contributed by atoms with Gasteiger partial charge >= 0.3 is 0 Å². The summed E-state index contributed by atoms with van der Waals surface area (Å²) in [6.07, 6.45) is 4.10. The molecule has 0 bridgehead atoms. The first-order valence-electron chi connectivity index (χ1n) is 9.73. The number of hydrogen-bond donors (Lipinski definition) is 1. The van der Waals surface area contributed by atoms with Crippen molar-refractivity contribution in [3.63, 3.8) is 0 Å². The van der Waals surface area contributed by atoms with Gasteiger partial charge < -0.3 is 19.5 Å². The monoisotopic (exact) mass is 533 g/mol. The standard InChI is InChI=1S/C20H28ClN5O2.HI/c1-22-20(26(2)11-7-15-8-12-27-13-9-15)23-10-6-18-24-19(25-28-18)16-4-3-5-17(21)14-16;/h3-5,14-15H,6-13H2,1-2H3,(H,22,23);1H. The average molecular weight is 534 g/mol. The fraction of sp³-hybridized carbons (Fsp3) is 0.550. The van der Waals surface area contributed by atoms with Gasteiger partial charge in [-0.05, 0) is 37.3 Å². The minimum absolute atomic E-state index is 0. The lowest BCUT2D eigenvalue weighted by atomic mass is 9.96. The van der Waals surface area contributed by atoms with Crippen LogP contribution in [0.5, 0.6) is 0 Å². The highest BCUT2D eigenvalue weighted by Crippen LogP contribution is 2.20. The molecule has 2 heterocycles. The molecule has 1 aliphatic heterocycles. The maximum atomic E-state index is 6.02. The van der Waals surface area contributed by atoms with Crippen LogP contribution >= 0.6 is 35.6 Å². The Morgan fingerprint density at radius 2 is 2.14 bits per heavy atom. The molecule has 29 heavy (non-hydrogen) atoms. The van der Waals surface area contributed by atoms with Crippen molar-refractivity contribution in [2.75, 3.05) is 40.4 Å². The van der Waals surface area contributed by atoms with Crippen LogP contribution in [0.3, 0.4) is 0 Å². The molecule has 0 aliphatic carbocycles. The Bertz CT molecular complexity index is 780. The minimum atomic E-state index is 0. The number of halogens is 2. The second-order valence-electron chi connectivity index (χ2n) is 7.01. The van der Waals surface area contributed by atoms with Crippen LogP contribution in [0.2, 0.25) is 5.02 Å². The molecular formula is C20H29ClIN5O2. The van der Waals surface area contributed by atoms with E-state index in [1.807, 2.05) is 24.3 Å². The lowest BCUT2D eigenvalue weighted by molar-refractivity contribution is 0.0625. The summed E-state index contributed by atoms with van der Waals surface area (Å²) in [6.45, 7) is 3.43. The molecule has 0 atom stereocenters. The highest BCUT2D eigenvalue weighted by molar-refractivity contribution is 14.0. The Hall–Kier alpha value is -1.39. The van der Waals surface area contributed by atoms with Crippen LogP contribution in [0.15, 0.2) is 33.8 Å². The zero-order valence-electron chi connectivity index (χ0n) is 16.9. The molecule has 1 fully saturated rings. The predicted octanol–water partition coefficient (Wildman–Crippen LogP) is 3.87. The fourth-order valence-corrected chi connectivity index (χ4v) is 3.47. The lowest BCUT2D eigenvalue weighted by Crippen LogP contribution is -2.40. The SMILES string of the molecule is CN=C(NCCc1nc(-c2cccc(Cl)c2)no1)N(C)CCC1CCOCC1.I. The molecule has 160 valence electrons. The smallest absolute Gasteiger partial charge is 0.228 e. The maximum absolute atomic E-state index is 6.02. The van der Waals surface area contributed by atoms with Crippen molar-refractivity contribution >= 4 is 41.5 Å². The summed E-state index contributed by atoms with van der Waals surface area (Å²) in [5.74, 6) is 2.76. The number of aliphatic imine (C=N–C) groups is 1. The molecule has 9 heteroatoms. The molecule has 7 nitrogen and oxygen atoms in total. The molecule has 0 unspecified atom stereocenters. The van der Waals surface area contributed by atoms with Gasteiger partial charge in [-0.3, -0.25) is 4.99 Å². The summed E-state index contributed by atoms with van der Waals surface area (Å²) in [4.78, 5) is 11.0. The van der Waals surface area contributed by atoms with E-state index in [9.17, 15) is 0 Å². The summed E-state index contributed by atoms with van der Waals surface area (Å²) in [6, 6.07) is 7.42. The third-order valence-electron chi connectivity index (χ3n) is 4.96. The van der Waals surface area contributed by atoms with E-state index in [4.69, 9.17) is 20.9 Å². The van der Waals surface area contributed by atoms with Crippen LogP contribution in [0.25, 0.3) is 11.4 Å². The summed E-state index contributed by atoms with van der Waals surface area (Å²) in [5, 5.41) is 8.06. The number of benzene rings is 1. The molecule has 2 aromatic rings. The van der Waals surface area contributed by atoms with Crippen molar-refractivity contribution in [1.82, 2.24) is 20.4 Å². The van der Waals surface area contributed by atoms with Gasteiger partial charge in [0, 0.05) is 57.4 Å². The van der Waals surface area contributed by atoms with Crippen molar-refractivity contribution in [1.29, 1.82) is 0 Å². The first kappa shape index (κ1) is 23.9. The number of rotatable bonds is 7. The molecule has 1 aromatic carbocycles. The van der Waals surface area contributed by atoms with Gasteiger partial charge in [0.1, 0.15) is 0 Å². The van der Waals surface area contributed by atoms with Gasteiger partial charge in [-0.1, -0.05) is 28.9 Å². The Balaban J connectivity index is 0.00000300. The normalized spacial score (nSPS) is 15.1. The van der Waals surface area contributed by atoms with E-state index >= 15 is 0 Å². The minimum Gasteiger partial charge on any atom is -0.381 e. The number of ether oxygens (including phenoxy) is 1. The Morgan fingerprint density at radius 1 is 1.34 bits per heavy atom. The highest BCUT2D eigenvalue weighted by atomic mass is 127. The molecule has 3 rings (SSSR count). The van der Waals surface area contributed by atoms with Crippen molar-refractivity contribution < 1.29 is 9.26 Å². The highest BCUT2D eigenvalue weighted by Gasteiger charge is 2.15. The lowest BCUT2D eigenvalue weighted by Gasteiger charge is -2.26. The van der Waals surface area contributed by atoms with E-state index < -0.39 is 0 Å². The van der Waals surface area contributed by atoms with Crippen molar-refractivity contribution in [3.05, 3.63) is 35.2 Å². The quantitative estimate of drug-likeness (QED) is 0.331. The fourth-order valence-electron chi connectivity index (χ4n) is 3.28. The topological polar surface area (TPSA) is 75.8 Å². The zero-order chi connectivity index (χ0) is 19.8.